The Balaban J connectivity index is 1.62. The van der Waals surface area contributed by atoms with Crippen LogP contribution in [0.15, 0.2) is 48.3 Å². The van der Waals surface area contributed by atoms with Crippen LogP contribution in [0, 0.1) is 6.92 Å². The number of aliphatic hydroxyl groups excluding tert-OH is 1. The molecule has 2 aliphatic heterocycles. The van der Waals surface area contributed by atoms with Gasteiger partial charge in [0.05, 0.1) is 31.4 Å². The first-order chi connectivity index (χ1) is 17.5. The number of likely N-dealkylation sites (tertiary alicyclic amines) is 1. The molecule has 0 spiro atoms. The van der Waals surface area contributed by atoms with E-state index in [0.29, 0.717) is 31.9 Å². The number of carbonyl (C=O) groups is 2. The molecule has 1 atom stereocenters. The predicted molar refractivity (Wildman–Crippen MR) is 137 cm³/mol. The van der Waals surface area contributed by atoms with Gasteiger partial charge in [0.1, 0.15) is 11.5 Å². The normalized spacial score (nSPS) is 20.2. The summed E-state index contributed by atoms with van der Waals surface area (Å²) in [4.78, 5) is 34.3. The highest BCUT2D eigenvalue weighted by Gasteiger charge is 2.45. The van der Waals surface area contributed by atoms with E-state index in [9.17, 15) is 14.7 Å². The number of rotatable bonds is 10. The molecule has 1 N–H and O–H groups in total. The number of benzene rings is 1. The van der Waals surface area contributed by atoms with Gasteiger partial charge in [-0.05, 0) is 61.2 Å². The lowest BCUT2D eigenvalue weighted by Crippen LogP contribution is -2.38. The van der Waals surface area contributed by atoms with Crippen molar-refractivity contribution in [3.8, 4) is 5.75 Å². The Morgan fingerprint density at radius 1 is 1.11 bits per heavy atom. The second kappa shape index (κ2) is 12.1. The lowest BCUT2D eigenvalue weighted by Gasteiger charge is -2.29. The molecular formula is C28H35N3O5. The van der Waals surface area contributed by atoms with E-state index < -0.39 is 17.7 Å². The first-order valence-corrected chi connectivity index (χ1v) is 12.7. The molecule has 8 nitrogen and oxygen atoms in total. The number of amides is 1. The summed E-state index contributed by atoms with van der Waals surface area (Å²) in [5, 5.41) is 11.3. The van der Waals surface area contributed by atoms with Gasteiger partial charge in [-0.3, -0.25) is 19.5 Å². The van der Waals surface area contributed by atoms with E-state index >= 15 is 0 Å². The van der Waals surface area contributed by atoms with Crippen LogP contribution in [-0.4, -0.2) is 77.6 Å². The average molecular weight is 494 g/mol. The van der Waals surface area contributed by atoms with Gasteiger partial charge in [0, 0.05) is 44.1 Å². The predicted octanol–water partition coefficient (Wildman–Crippen LogP) is 3.71. The van der Waals surface area contributed by atoms with Gasteiger partial charge in [0.2, 0.25) is 0 Å². The fourth-order valence-electron chi connectivity index (χ4n) is 4.73. The third-order valence-corrected chi connectivity index (χ3v) is 6.74. The molecule has 2 aromatic rings. The Morgan fingerprint density at radius 3 is 2.56 bits per heavy atom. The molecule has 192 valence electrons. The van der Waals surface area contributed by atoms with Gasteiger partial charge in [-0.2, -0.15) is 0 Å². The number of ether oxygens (including phenoxy) is 2. The van der Waals surface area contributed by atoms with Gasteiger partial charge < -0.3 is 19.5 Å². The number of aryl methyl sites for hydroxylation is 1. The quantitative estimate of drug-likeness (QED) is 0.233. The van der Waals surface area contributed by atoms with Crippen LogP contribution in [0.5, 0.6) is 5.75 Å². The van der Waals surface area contributed by atoms with Gasteiger partial charge >= 0.3 is 0 Å². The average Bonchev–Trinajstić information content (AvgIpc) is 3.15. The zero-order valence-electron chi connectivity index (χ0n) is 21.1. The minimum absolute atomic E-state index is 0.108. The Kier molecular flexibility index (Phi) is 8.72. The molecule has 1 amide bonds. The van der Waals surface area contributed by atoms with Crippen molar-refractivity contribution < 1.29 is 24.2 Å². The number of morpholine rings is 1. The van der Waals surface area contributed by atoms with Gasteiger partial charge in [0.15, 0.2) is 0 Å². The summed E-state index contributed by atoms with van der Waals surface area (Å²) in [6, 6.07) is 8.24. The number of hydrogen-bond acceptors (Lipinski definition) is 7. The van der Waals surface area contributed by atoms with Crippen molar-refractivity contribution in [3.63, 3.8) is 0 Å². The summed E-state index contributed by atoms with van der Waals surface area (Å²) in [6.07, 6.45) is 5.99. The number of aromatic nitrogens is 1. The van der Waals surface area contributed by atoms with Crippen LogP contribution in [0.3, 0.4) is 0 Å². The fourth-order valence-corrected chi connectivity index (χ4v) is 4.73. The van der Waals surface area contributed by atoms with Gasteiger partial charge in [-0.15, -0.1) is 0 Å². The monoisotopic (exact) mass is 493 g/mol. The fraction of sp³-hybridized carbons (Fsp3) is 0.464. The van der Waals surface area contributed by atoms with Crippen LogP contribution < -0.4 is 4.74 Å². The molecule has 8 heteroatoms. The molecule has 36 heavy (non-hydrogen) atoms. The Morgan fingerprint density at radius 2 is 1.86 bits per heavy atom. The highest BCUT2D eigenvalue weighted by Crippen LogP contribution is 2.39. The molecule has 4 rings (SSSR count). The highest BCUT2D eigenvalue weighted by atomic mass is 16.5. The van der Waals surface area contributed by atoms with E-state index in [0.717, 1.165) is 55.8 Å². The number of carbonyl (C=O) groups excluding carboxylic acids is 2. The van der Waals surface area contributed by atoms with E-state index in [4.69, 9.17) is 9.47 Å². The topological polar surface area (TPSA) is 92.2 Å². The molecule has 2 fully saturated rings. The Hall–Kier alpha value is -3.23. The van der Waals surface area contributed by atoms with Crippen molar-refractivity contribution in [1.82, 2.24) is 14.8 Å². The van der Waals surface area contributed by atoms with Crippen molar-refractivity contribution >= 4 is 17.4 Å². The molecule has 1 aromatic carbocycles. The van der Waals surface area contributed by atoms with E-state index in [-0.39, 0.29) is 11.3 Å². The molecular weight excluding hydrogens is 458 g/mol. The van der Waals surface area contributed by atoms with Crippen LogP contribution >= 0.6 is 0 Å². The highest BCUT2D eigenvalue weighted by molar-refractivity contribution is 6.46. The SMILES string of the molecule is CCCCOc1ccc(/C(O)=C2\C(=O)C(=O)N(CCCN3CCOCC3)[C@@H]2c2ccncc2)cc1C. The van der Waals surface area contributed by atoms with Crippen LogP contribution in [-0.2, 0) is 14.3 Å². The maximum absolute atomic E-state index is 13.2. The second-order valence-electron chi connectivity index (χ2n) is 9.26. The number of nitrogens with zero attached hydrogens (tertiary/aromatic N) is 3. The summed E-state index contributed by atoms with van der Waals surface area (Å²) in [6.45, 7) is 9.02. The maximum atomic E-state index is 13.2. The molecule has 2 aliphatic rings. The molecule has 3 heterocycles. The van der Waals surface area contributed by atoms with Crippen molar-refractivity contribution in [3.05, 3.63) is 65.0 Å². The minimum atomic E-state index is -0.668. The van der Waals surface area contributed by atoms with E-state index in [1.807, 2.05) is 6.92 Å². The molecule has 0 unspecified atom stereocenters. The van der Waals surface area contributed by atoms with E-state index in [2.05, 4.69) is 16.8 Å². The molecule has 1 aromatic heterocycles. The molecule has 0 saturated carbocycles. The number of aliphatic hydroxyl groups is 1. The third-order valence-electron chi connectivity index (χ3n) is 6.74. The summed E-state index contributed by atoms with van der Waals surface area (Å²) in [5.41, 5.74) is 2.20. The summed E-state index contributed by atoms with van der Waals surface area (Å²) in [7, 11) is 0. The first kappa shape index (κ1) is 25.9. The largest absolute Gasteiger partial charge is 0.507 e. The summed E-state index contributed by atoms with van der Waals surface area (Å²) >= 11 is 0. The zero-order valence-corrected chi connectivity index (χ0v) is 21.1. The third kappa shape index (κ3) is 5.77. The standard InChI is InChI=1S/C28H35N3O5/c1-3-4-16-36-23-7-6-22(19-20(23)2)26(32)24-25(21-8-10-29-11-9-21)31(28(34)27(24)33)13-5-12-30-14-17-35-18-15-30/h6-11,19,25,32H,3-5,12-18H2,1-2H3/b26-24+/t25-/m1/s1. The second-order valence-corrected chi connectivity index (χ2v) is 9.26. The number of Topliss-reactive ketones (excluding diaryl/α,β-unsaturated/α-hetero) is 1. The van der Waals surface area contributed by atoms with Crippen molar-refractivity contribution in [2.24, 2.45) is 0 Å². The van der Waals surface area contributed by atoms with Crippen molar-refractivity contribution in [2.75, 3.05) is 46.0 Å². The molecule has 0 bridgehead atoms. The number of pyridine rings is 1. The summed E-state index contributed by atoms with van der Waals surface area (Å²) < 4.78 is 11.2. The van der Waals surface area contributed by atoms with Crippen LogP contribution in [0.1, 0.15) is 48.9 Å². The Labute approximate surface area is 212 Å². The summed E-state index contributed by atoms with van der Waals surface area (Å²) in [5.74, 6) is -0.679. The minimum Gasteiger partial charge on any atom is -0.507 e. The van der Waals surface area contributed by atoms with Gasteiger partial charge in [0.25, 0.3) is 11.7 Å². The van der Waals surface area contributed by atoms with E-state index in [1.165, 1.54) is 0 Å². The van der Waals surface area contributed by atoms with Crippen molar-refractivity contribution in [2.45, 2.75) is 39.2 Å². The number of ketones is 1. The lowest BCUT2D eigenvalue weighted by molar-refractivity contribution is -0.140. The van der Waals surface area contributed by atoms with Gasteiger partial charge in [-0.1, -0.05) is 13.3 Å². The number of hydrogen-bond donors (Lipinski definition) is 1. The molecule has 0 radical (unpaired) electrons. The van der Waals surface area contributed by atoms with Crippen LogP contribution in [0.25, 0.3) is 5.76 Å². The Bertz CT molecular complexity index is 1100. The van der Waals surface area contributed by atoms with Gasteiger partial charge in [-0.25, -0.2) is 0 Å². The van der Waals surface area contributed by atoms with Crippen molar-refractivity contribution in [1.29, 1.82) is 0 Å². The molecule has 2 saturated heterocycles. The molecule has 0 aliphatic carbocycles. The van der Waals surface area contributed by atoms with E-state index in [1.54, 1.807) is 47.6 Å². The number of unbranched alkanes of at least 4 members (excludes halogenated alkanes) is 1. The zero-order chi connectivity index (χ0) is 25.5. The van der Waals surface area contributed by atoms with Crippen LogP contribution in [0.2, 0.25) is 0 Å². The maximum Gasteiger partial charge on any atom is 0.295 e. The smallest absolute Gasteiger partial charge is 0.295 e. The van der Waals surface area contributed by atoms with Crippen LogP contribution in [0.4, 0.5) is 0 Å². The lowest BCUT2D eigenvalue weighted by atomic mass is 9.95. The first-order valence-electron chi connectivity index (χ1n) is 12.7.